The summed E-state index contributed by atoms with van der Waals surface area (Å²) in [6.45, 7) is 5.08. The third-order valence-electron chi connectivity index (χ3n) is 2.22. The molecular formula is C12H12F4O. The number of hydrogen-bond donors (Lipinski definition) is 1. The van der Waals surface area contributed by atoms with Gasteiger partial charge in [-0.15, -0.1) is 6.58 Å². The summed E-state index contributed by atoms with van der Waals surface area (Å²) in [5.74, 6) is -0.811. The Balaban J connectivity index is 3.20. The van der Waals surface area contributed by atoms with Gasteiger partial charge < -0.3 is 5.11 Å². The number of halogens is 4. The van der Waals surface area contributed by atoms with E-state index in [0.29, 0.717) is 17.7 Å². The van der Waals surface area contributed by atoms with Crippen LogP contribution in [0, 0.1) is 5.82 Å². The maximum absolute atomic E-state index is 12.9. The Morgan fingerprint density at radius 1 is 1.41 bits per heavy atom. The van der Waals surface area contributed by atoms with Gasteiger partial charge >= 0.3 is 6.18 Å². The minimum absolute atomic E-state index is 0.0352. The van der Waals surface area contributed by atoms with Crippen molar-refractivity contribution < 1.29 is 22.7 Å². The van der Waals surface area contributed by atoms with E-state index >= 15 is 0 Å². The molecule has 0 radical (unpaired) electrons. The Bertz CT molecular complexity index is 423. The molecule has 0 aliphatic heterocycles. The highest BCUT2D eigenvalue weighted by molar-refractivity contribution is 5.32. The summed E-state index contributed by atoms with van der Waals surface area (Å²) in [6.07, 6.45) is -6.05. The van der Waals surface area contributed by atoms with Crippen LogP contribution in [-0.2, 0) is 6.18 Å². The van der Waals surface area contributed by atoms with Crippen molar-refractivity contribution in [3.8, 4) is 0 Å². The van der Waals surface area contributed by atoms with Crippen LogP contribution in [0.2, 0.25) is 0 Å². The third kappa shape index (κ3) is 3.56. The average Bonchev–Trinajstić information content (AvgIpc) is 2.14. The van der Waals surface area contributed by atoms with E-state index < -0.39 is 29.2 Å². The number of rotatable bonds is 3. The predicted octanol–water partition coefficient (Wildman–Crippen LogP) is 3.84. The van der Waals surface area contributed by atoms with Crippen molar-refractivity contribution in [3.05, 3.63) is 47.3 Å². The van der Waals surface area contributed by atoms with E-state index in [-0.39, 0.29) is 6.42 Å². The zero-order valence-electron chi connectivity index (χ0n) is 9.18. The summed E-state index contributed by atoms with van der Waals surface area (Å²) in [5, 5.41) is 9.63. The van der Waals surface area contributed by atoms with E-state index in [1.165, 1.54) is 0 Å². The Kier molecular flexibility index (Phi) is 3.93. The number of aliphatic hydroxyl groups is 1. The fraction of sp³-hybridized carbons (Fsp3) is 0.333. The number of aliphatic hydroxyl groups excluding tert-OH is 1. The van der Waals surface area contributed by atoms with Crippen molar-refractivity contribution >= 4 is 0 Å². The minimum atomic E-state index is -4.61. The molecule has 0 aliphatic rings. The van der Waals surface area contributed by atoms with Crippen LogP contribution in [0.5, 0.6) is 0 Å². The quantitative estimate of drug-likeness (QED) is 0.636. The van der Waals surface area contributed by atoms with Gasteiger partial charge in [0, 0.05) is 0 Å². The van der Waals surface area contributed by atoms with Crippen LogP contribution < -0.4 is 0 Å². The van der Waals surface area contributed by atoms with Crippen LogP contribution >= 0.6 is 0 Å². The fourth-order valence-electron chi connectivity index (χ4n) is 1.51. The molecule has 0 fully saturated rings. The Morgan fingerprint density at radius 3 is 2.47 bits per heavy atom. The first-order valence-electron chi connectivity index (χ1n) is 4.91. The van der Waals surface area contributed by atoms with Gasteiger partial charge in [0.1, 0.15) is 5.82 Å². The second-order valence-electron chi connectivity index (χ2n) is 3.91. The first kappa shape index (κ1) is 13.7. The van der Waals surface area contributed by atoms with Gasteiger partial charge in [-0.2, -0.15) is 13.2 Å². The van der Waals surface area contributed by atoms with Gasteiger partial charge in [-0.05, 0) is 37.1 Å². The first-order chi connectivity index (χ1) is 7.71. The molecule has 17 heavy (non-hydrogen) atoms. The lowest BCUT2D eigenvalue weighted by Crippen LogP contribution is -2.12. The van der Waals surface area contributed by atoms with Crippen molar-refractivity contribution in [3.63, 3.8) is 0 Å². The summed E-state index contributed by atoms with van der Waals surface area (Å²) in [6, 6.07) is 2.06. The van der Waals surface area contributed by atoms with E-state index in [4.69, 9.17) is 0 Å². The van der Waals surface area contributed by atoms with Gasteiger partial charge in [-0.25, -0.2) is 4.39 Å². The zero-order valence-corrected chi connectivity index (χ0v) is 9.18. The van der Waals surface area contributed by atoms with Crippen molar-refractivity contribution in [2.24, 2.45) is 0 Å². The highest BCUT2D eigenvalue weighted by atomic mass is 19.4. The van der Waals surface area contributed by atoms with Gasteiger partial charge in [-0.3, -0.25) is 0 Å². The molecule has 1 nitrogen and oxygen atoms in total. The van der Waals surface area contributed by atoms with Gasteiger partial charge in [-0.1, -0.05) is 5.57 Å². The molecule has 0 amide bonds. The van der Waals surface area contributed by atoms with Gasteiger partial charge in [0.15, 0.2) is 0 Å². The summed E-state index contributed by atoms with van der Waals surface area (Å²) in [5.41, 5.74) is -0.956. The molecule has 1 rings (SSSR count). The highest BCUT2D eigenvalue weighted by Crippen LogP contribution is 2.36. The lowest BCUT2D eigenvalue weighted by molar-refractivity contribution is -0.139. The lowest BCUT2D eigenvalue weighted by atomic mass is 9.97. The molecule has 0 bridgehead atoms. The molecule has 1 aromatic rings. The van der Waals surface area contributed by atoms with Crippen LogP contribution in [0.25, 0.3) is 0 Å². The van der Waals surface area contributed by atoms with Crippen LogP contribution in [-0.4, -0.2) is 5.11 Å². The Morgan fingerprint density at radius 2 is 2.00 bits per heavy atom. The third-order valence-corrected chi connectivity index (χ3v) is 2.22. The maximum atomic E-state index is 12.9. The van der Waals surface area contributed by atoms with Gasteiger partial charge in [0.2, 0.25) is 0 Å². The maximum Gasteiger partial charge on any atom is 0.416 e. The fourth-order valence-corrected chi connectivity index (χ4v) is 1.51. The molecule has 0 heterocycles. The molecule has 94 valence electrons. The molecule has 1 aromatic carbocycles. The molecule has 1 atom stereocenters. The number of hydrogen-bond acceptors (Lipinski definition) is 1. The topological polar surface area (TPSA) is 20.2 Å². The SMILES string of the molecule is C=C(C)CC(O)c1cc(F)ccc1C(F)(F)F. The molecular weight excluding hydrogens is 236 g/mol. The van der Waals surface area contributed by atoms with E-state index in [2.05, 4.69) is 6.58 Å². The van der Waals surface area contributed by atoms with Crippen molar-refractivity contribution in [2.45, 2.75) is 25.6 Å². The van der Waals surface area contributed by atoms with E-state index in [9.17, 15) is 22.7 Å². The molecule has 1 N–H and O–H groups in total. The molecule has 0 aliphatic carbocycles. The normalized spacial score (nSPS) is 13.5. The highest BCUT2D eigenvalue weighted by Gasteiger charge is 2.35. The predicted molar refractivity (Wildman–Crippen MR) is 55.8 cm³/mol. The molecule has 0 aromatic heterocycles. The molecule has 0 saturated carbocycles. The number of benzene rings is 1. The summed E-state index contributed by atoms with van der Waals surface area (Å²) in [4.78, 5) is 0. The van der Waals surface area contributed by atoms with E-state index in [1.54, 1.807) is 6.92 Å². The van der Waals surface area contributed by atoms with E-state index in [1.807, 2.05) is 0 Å². The van der Waals surface area contributed by atoms with Gasteiger partial charge in [0.05, 0.1) is 11.7 Å². The Hall–Kier alpha value is -1.36. The van der Waals surface area contributed by atoms with Crippen molar-refractivity contribution in [1.82, 2.24) is 0 Å². The van der Waals surface area contributed by atoms with Crippen LogP contribution in [0.1, 0.15) is 30.6 Å². The molecule has 5 heteroatoms. The smallest absolute Gasteiger partial charge is 0.388 e. The largest absolute Gasteiger partial charge is 0.416 e. The van der Waals surface area contributed by atoms with Crippen LogP contribution in [0.3, 0.4) is 0 Å². The first-order valence-corrected chi connectivity index (χ1v) is 4.91. The second-order valence-corrected chi connectivity index (χ2v) is 3.91. The number of alkyl halides is 3. The monoisotopic (exact) mass is 248 g/mol. The Labute approximate surface area is 96.4 Å². The van der Waals surface area contributed by atoms with Crippen LogP contribution in [0.15, 0.2) is 30.4 Å². The van der Waals surface area contributed by atoms with Crippen molar-refractivity contribution in [2.75, 3.05) is 0 Å². The molecule has 0 saturated heterocycles. The standard InChI is InChI=1S/C12H12F4O/c1-7(2)5-11(17)9-6-8(13)3-4-10(9)12(14,15)16/h3-4,6,11,17H,1,5H2,2H3. The second kappa shape index (κ2) is 4.87. The molecule has 0 spiro atoms. The lowest BCUT2D eigenvalue weighted by Gasteiger charge is -2.17. The average molecular weight is 248 g/mol. The molecule has 1 unspecified atom stereocenters. The van der Waals surface area contributed by atoms with Gasteiger partial charge in [0.25, 0.3) is 0 Å². The zero-order chi connectivity index (χ0) is 13.2. The minimum Gasteiger partial charge on any atom is -0.388 e. The summed E-state index contributed by atoms with van der Waals surface area (Å²) < 4.78 is 50.8. The van der Waals surface area contributed by atoms with E-state index in [0.717, 1.165) is 6.07 Å². The van der Waals surface area contributed by atoms with Crippen molar-refractivity contribution in [1.29, 1.82) is 0 Å². The summed E-state index contributed by atoms with van der Waals surface area (Å²) >= 11 is 0. The van der Waals surface area contributed by atoms with Crippen LogP contribution in [0.4, 0.5) is 17.6 Å². The summed E-state index contributed by atoms with van der Waals surface area (Å²) in [7, 11) is 0.